The minimum Gasteiger partial charge on any atom is -0.419 e. The standard InChI is InChI=1S/C10H9N3OS2/c1-11-5-9-12-13-10(14-9)8-4-7-6(16-8)2-3-15-7/h2-4,11H,5H2,1H3. The van der Waals surface area contributed by atoms with Gasteiger partial charge in [-0.3, -0.25) is 0 Å². The first-order valence-corrected chi connectivity index (χ1v) is 6.51. The third-order valence-corrected chi connectivity index (χ3v) is 4.23. The summed E-state index contributed by atoms with van der Waals surface area (Å²) in [4.78, 5) is 1.04. The van der Waals surface area contributed by atoms with Crippen LogP contribution < -0.4 is 5.32 Å². The highest BCUT2D eigenvalue weighted by molar-refractivity contribution is 7.28. The Hall–Kier alpha value is -1.24. The maximum Gasteiger partial charge on any atom is 0.257 e. The van der Waals surface area contributed by atoms with E-state index in [1.165, 1.54) is 9.40 Å². The second-order valence-electron chi connectivity index (χ2n) is 3.29. The number of rotatable bonds is 3. The summed E-state index contributed by atoms with van der Waals surface area (Å²) in [5, 5.41) is 13.1. The summed E-state index contributed by atoms with van der Waals surface area (Å²) in [5.41, 5.74) is 0. The number of nitrogens with zero attached hydrogens (tertiary/aromatic N) is 2. The maximum atomic E-state index is 5.54. The van der Waals surface area contributed by atoms with Crippen molar-refractivity contribution in [2.24, 2.45) is 0 Å². The fourth-order valence-electron chi connectivity index (χ4n) is 1.45. The van der Waals surface area contributed by atoms with Crippen molar-refractivity contribution in [2.45, 2.75) is 6.54 Å². The molecule has 0 aromatic carbocycles. The minimum atomic E-state index is 0.604. The molecule has 3 aromatic heterocycles. The van der Waals surface area contributed by atoms with E-state index in [0.717, 1.165) is 4.88 Å². The molecule has 0 fully saturated rings. The molecule has 0 atom stereocenters. The van der Waals surface area contributed by atoms with Crippen LogP contribution in [0.2, 0.25) is 0 Å². The van der Waals surface area contributed by atoms with E-state index < -0.39 is 0 Å². The van der Waals surface area contributed by atoms with Crippen LogP contribution in [-0.2, 0) is 6.54 Å². The van der Waals surface area contributed by atoms with Crippen LogP contribution in [0, 0.1) is 0 Å². The molecule has 3 aromatic rings. The SMILES string of the molecule is CNCc1nnc(-c2cc3sccc3s2)o1. The molecule has 0 aliphatic rings. The summed E-state index contributed by atoms with van der Waals surface area (Å²) >= 11 is 3.41. The first kappa shape index (κ1) is 9.95. The molecular weight excluding hydrogens is 242 g/mol. The minimum absolute atomic E-state index is 0.604. The zero-order chi connectivity index (χ0) is 11.0. The van der Waals surface area contributed by atoms with Gasteiger partial charge in [0, 0.05) is 9.40 Å². The molecule has 16 heavy (non-hydrogen) atoms. The summed E-state index contributed by atoms with van der Waals surface area (Å²) in [6.07, 6.45) is 0. The van der Waals surface area contributed by atoms with Gasteiger partial charge in [-0.2, -0.15) is 0 Å². The van der Waals surface area contributed by atoms with Crippen LogP contribution in [-0.4, -0.2) is 17.2 Å². The average molecular weight is 251 g/mol. The topological polar surface area (TPSA) is 51.0 Å². The van der Waals surface area contributed by atoms with Gasteiger partial charge in [0.2, 0.25) is 5.89 Å². The summed E-state index contributed by atoms with van der Waals surface area (Å²) < 4.78 is 8.08. The lowest BCUT2D eigenvalue weighted by atomic mass is 10.4. The van der Waals surface area contributed by atoms with Crippen LogP contribution in [0.25, 0.3) is 20.2 Å². The Morgan fingerprint density at radius 3 is 3.12 bits per heavy atom. The molecular formula is C10H9N3OS2. The van der Waals surface area contributed by atoms with Crippen molar-refractivity contribution < 1.29 is 4.42 Å². The Balaban J connectivity index is 1.98. The second-order valence-corrected chi connectivity index (χ2v) is 5.32. The fourth-order valence-corrected chi connectivity index (χ4v) is 3.48. The molecule has 0 spiro atoms. The lowest BCUT2D eigenvalue weighted by molar-refractivity contribution is 0.491. The van der Waals surface area contributed by atoms with E-state index in [1.54, 1.807) is 22.7 Å². The van der Waals surface area contributed by atoms with Crippen molar-refractivity contribution in [3.05, 3.63) is 23.4 Å². The number of thiophene rings is 2. The highest BCUT2D eigenvalue weighted by Gasteiger charge is 2.11. The van der Waals surface area contributed by atoms with E-state index in [1.807, 2.05) is 7.05 Å². The first-order valence-electron chi connectivity index (χ1n) is 4.81. The molecule has 6 heteroatoms. The van der Waals surface area contributed by atoms with Crippen molar-refractivity contribution in [1.29, 1.82) is 0 Å². The zero-order valence-corrected chi connectivity index (χ0v) is 10.2. The first-order chi connectivity index (χ1) is 7.86. The molecule has 0 saturated heterocycles. The highest BCUT2D eigenvalue weighted by Crippen LogP contribution is 2.35. The smallest absolute Gasteiger partial charge is 0.257 e. The Morgan fingerprint density at radius 1 is 1.38 bits per heavy atom. The molecule has 0 aliphatic carbocycles. The van der Waals surface area contributed by atoms with Crippen LogP contribution >= 0.6 is 22.7 Å². The van der Waals surface area contributed by atoms with Crippen molar-refractivity contribution in [2.75, 3.05) is 7.05 Å². The third kappa shape index (κ3) is 1.64. The van der Waals surface area contributed by atoms with Gasteiger partial charge in [-0.25, -0.2) is 0 Å². The highest BCUT2D eigenvalue weighted by atomic mass is 32.1. The van der Waals surface area contributed by atoms with Gasteiger partial charge in [-0.1, -0.05) is 0 Å². The average Bonchev–Trinajstić information content (AvgIpc) is 2.88. The molecule has 1 N–H and O–H groups in total. The van der Waals surface area contributed by atoms with Crippen molar-refractivity contribution in [3.8, 4) is 10.8 Å². The van der Waals surface area contributed by atoms with Gasteiger partial charge in [0.15, 0.2) is 0 Å². The largest absolute Gasteiger partial charge is 0.419 e. The Labute approximate surface area is 99.9 Å². The molecule has 0 radical (unpaired) electrons. The van der Waals surface area contributed by atoms with E-state index in [9.17, 15) is 0 Å². The fraction of sp³-hybridized carbons (Fsp3) is 0.200. The molecule has 0 unspecified atom stereocenters. The van der Waals surface area contributed by atoms with E-state index in [2.05, 4.69) is 33.0 Å². The monoisotopic (exact) mass is 251 g/mol. The predicted octanol–water partition coefficient (Wildman–Crippen LogP) is 2.73. The number of aromatic nitrogens is 2. The maximum absolute atomic E-state index is 5.54. The lowest BCUT2D eigenvalue weighted by Gasteiger charge is -1.89. The van der Waals surface area contributed by atoms with Gasteiger partial charge in [-0.15, -0.1) is 32.9 Å². The molecule has 3 rings (SSSR count). The van der Waals surface area contributed by atoms with Crippen molar-refractivity contribution >= 4 is 32.1 Å². The predicted molar refractivity (Wildman–Crippen MR) is 65.8 cm³/mol. The van der Waals surface area contributed by atoms with Gasteiger partial charge in [0.25, 0.3) is 5.89 Å². The van der Waals surface area contributed by atoms with E-state index in [4.69, 9.17) is 4.42 Å². The van der Waals surface area contributed by atoms with E-state index in [0.29, 0.717) is 18.3 Å². The summed E-state index contributed by atoms with van der Waals surface area (Å²) in [6, 6.07) is 4.21. The molecule has 0 bridgehead atoms. The summed E-state index contributed by atoms with van der Waals surface area (Å²) in [6.45, 7) is 0.604. The van der Waals surface area contributed by atoms with Crippen LogP contribution in [0.3, 0.4) is 0 Å². The normalized spacial score (nSPS) is 11.3. The molecule has 3 heterocycles. The molecule has 0 amide bonds. The van der Waals surface area contributed by atoms with Crippen LogP contribution in [0.4, 0.5) is 0 Å². The Kier molecular flexibility index (Phi) is 2.47. The number of hydrogen-bond acceptors (Lipinski definition) is 6. The van der Waals surface area contributed by atoms with Gasteiger partial charge >= 0.3 is 0 Å². The Bertz CT molecular complexity index is 582. The molecule has 82 valence electrons. The van der Waals surface area contributed by atoms with Crippen molar-refractivity contribution in [1.82, 2.24) is 15.5 Å². The third-order valence-electron chi connectivity index (χ3n) is 2.15. The van der Waals surface area contributed by atoms with Gasteiger partial charge in [0.05, 0.1) is 11.4 Å². The molecule has 0 saturated carbocycles. The van der Waals surface area contributed by atoms with E-state index in [-0.39, 0.29) is 0 Å². The Morgan fingerprint density at radius 2 is 2.31 bits per heavy atom. The van der Waals surface area contributed by atoms with Crippen molar-refractivity contribution in [3.63, 3.8) is 0 Å². The molecule has 4 nitrogen and oxygen atoms in total. The van der Waals surface area contributed by atoms with Crippen LogP contribution in [0.5, 0.6) is 0 Å². The second kappa shape index (κ2) is 3.97. The number of hydrogen-bond donors (Lipinski definition) is 1. The van der Waals surface area contributed by atoms with E-state index >= 15 is 0 Å². The number of fused-ring (bicyclic) bond motifs is 1. The number of nitrogens with one attached hydrogen (secondary N) is 1. The van der Waals surface area contributed by atoms with Crippen LogP contribution in [0.1, 0.15) is 5.89 Å². The van der Waals surface area contributed by atoms with Gasteiger partial charge in [-0.05, 0) is 24.6 Å². The van der Waals surface area contributed by atoms with Gasteiger partial charge < -0.3 is 9.73 Å². The van der Waals surface area contributed by atoms with Gasteiger partial charge in [0.1, 0.15) is 0 Å². The lowest BCUT2D eigenvalue weighted by Crippen LogP contribution is -2.04. The summed E-state index contributed by atoms with van der Waals surface area (Å²) in [5.74, 6) is 1.23. The van der Waals surface area contributed by atoms with Crippen LogP contribution in [0.15, 0.2) is 21.9 Å². The zero-order valence-electron chi connectivity index (χ0n) is 8.56. The summed E-state index contributed by atoms with van der Waals surface area (Å²) in [7, 11) is 1.85. The quantitative estimate of drug-likeness (QED) is 0.777. The molecule has 0 aliphatic heterocycles.